The number of amides is 1. The van der Waals surface area contributed by atoms with Crippen LogP contribution in [0, 0.1) is 0 Å². The monoisotopic (exact) mass is 374 g/mol. The summed E-state index contributed by atoms with van der Waals surface area (Å²) in [6, 6.07) is 12.6. The highest BCUT2D eigenvalue weighted by molar-refractivity contribution is 7.99. The summed E-state index contributed by atoms with van der Waals surface area (Å²) in [6.07, 6.45) is 2.12. The van der Waals surface area contributed by atoms with Gasteiger partial charge >= 0.3 is 0 Å². The Morgan fingerprint density at radius 1 is 1.08 bits per heavy atom. The number of hydrogen-bond donors (Lipinski definition) is 1. The first kappa shape index (κ1) is 16.5. The van der Waals surface area contributed by atoms with Crippen LogP contribution in [-0.2, 0) is 21.2 Å². The number of thioether (sulfide) groups is 1. The highest BCUT2D eigenvalue weighted by Crippen LogP contribution is 2.36. The molecule has 2 aliphatic rings. The van der Waals surface area contributed by atoms with Gasteiger partial charge in [0.2, 0.25) is 5.91 Å². The van der Waals surface area contributed by atoms with E-state index in [1.807, 2.05) is 24.3 Å². The average Bonchev–Trinajstić information content (AvgIpc) is 2.81. The fraction of sp³-hybridized carbons (Fsp3) is 0.278. The number of fused-ring (bicyclic) bond motifs is 2. The summed E-state index contributed by atoms with van der Waals surface area (Å²) in [7, 11) is -3.67. The van der Waals surface area contributed by atoms with Crippen LogP contribution in [0.1, 0.15) is 18.4 Å². The van der Waals surface area contributed by atoms with E-state index < -0.39 is 10.0 Å². The lowest BCUT2D eigenvalue weighted by Crippen LogP contribution is -2.35. The van der Waals surface area contributed by atoms with Gasteiger partial charge in [-0.25, -0.2) is 8.42 Å². The van der Waals surface area contributed by atoms with Crippen molar-refractivity contribution in [3.05, 3.63) is 48.0 Å². The zero-order valence-corrected chi connectivity index (χ0v) is 15.2. The quantitative estimate of drug-likeness (QED) is 0.876. The normalized spacial score (nSPS) is 17.3. The summed E-state index contributed by atoms with van der Waals surface area (Å²) in [6.45, 7) is 0.470. The number of carbonyl (C=O) groups is 1. The van der Waals surface area contributed by atoms with E-state index in [9.17, 15) is 13.2 Å². The molecule has 0 saturated carbocycles. The van der Waals surface area contributed by atoms with Crippen molar-refractivity contribution >= 4 is 39.1 Å². The number of anilines is 2. The molecule has 5 nitrogen and oxygen atoms in total. The number of aryl methyl sites for hydroxylation is 1. The molecule has 0 bridgehead atoms. The maximum absolute atomic E-state index is 13.2. The van der Waals surface area contributed by atoms with E-state index in [2.05, 4.69) is 5.32 Å². The SMILES string of the molecule is O=C1CCSc2ccc(S(=O)(=O)N3CCCc4ccccc43)cc2N1. The lowest BCUT2D eigenvalue weighted by atomic mass is 10.0. The fourth-order valence-electron chi connectivity index (χ4n) is 3.24. The molecule has 25 heavy (non-hydrogen) atoms. The Morgan fingerprint density at radius 2 is 1.92 bits per heavy atom. The van der Waals surface area contributed by atoms with Crippen LogP contribution < -0.4 is 9.62 Å². The molecular formula is C18H18N2O3S2. The van der Waals surface area contributed by atoms with Crippen molar-refractivity contribution in [2.45, 2.75) is 29.1 Å². The molecule has 2 aromatic rings. The van der Waals surface area contributed by atoms with Crippen LogP contribution in [0.15, 0.2) is 52.3 Å². The molecule has 0 spiro atoms. The van der Waals surface area contributed by atoms with E-state index in [4.69, 9.17) is 0 Å². The molecule has 2 aromatic carbocycles. The Morgan fingerprint density at radius 3 is 2.80 bits per heavy atom. The van der Waals surface area contributed by atoms with E-state index in [0.29, 0.717) is 24.4 Å². The van der Waals surface area contributed by atoms with E-state index in [-0.39, 0.29) is 10.8 Å². The van der Waals surface area contributed by atoms with Crippen molar-refractivity contribution in [2.75, 3.05) is 21.9 Å². The lowest BCUT2D eigenvalue weighted by molar-refractivity contribution is -0.115. The molecule has 0 aromatic heterocycles. The van der Waals surface area contributed by atoms with E-state index in [1.165, 1.54) is 4.31 Å². The summed E-state index contributed by atoms with van der Waals surface area (Å²) >= 11 is 1.57. The highest BCUT2D eigenvalue weighted by Gasteiger charge is 2.29. The van der Waals surface area contributed by atoms with Gasteiger partial charge in [0.05, 0.1) is 16.3 Å². The molecular weight excluding hydrogens is 356 g/mol. The highest BCUT2D eigenvalue weighted by atomic mass is 32.2. The van der Waals surface area contributed by atoms with Crippen LogP contribution in [0.4, 0.5) is 11.4 Å². The predicted octanol–water partition coefficient (Wildman–Crippen LogP) is 3.26. The first-order chi connectivity index (χ1) is 12.1. The van der Waals surface area contributed by atoms with Gasteiger partial charge in [0, 0.05) is 23.6 Å². The molecule has 2 heterocycles. The molecule has 1 N–H and O–H groups in total. The van der Waals surface area contributed by atoms with E-state index in [0.717, 1.165) is 29.0 Å². The van der Waals surface area contributed by atoms with Gasteiger partial charge in [0.15, 0.2) is 0 Å². The van der Waals surface area contributed by atoms with Gasteiger partial charge in [-0.1, -0.05) is 18.2 Å². The topological polar surface area (TPSA) is 66.5 Å². The third-order valence-electron chi connectivity index (χ3n) is 4.47. The number of rotatable bonds is 2. The van der Waals surface area contributed by atoms with Gasteiger partial charge in [0.1, 0.15) is 0 Å². The van der Waals surface area contributed by atoms with Crippen LogP contribution in [0.3, 0.4) is 0 Å². The Balaban J connectivity index is 1.76. The molecule has 0 radical (unpaired) electrons. The number of benzene rings is 2. The van der Waals surface area contributed by atoms with Crippen LogP contribution in [0.5, 0.6) is 0 Å². The largest absolute Gasteiger partial charge is 0.325 e. The molecule has 0 atom stereocenters. The van der Waals surface area contributed by atoms with Crippen molar-refractivity contribution in [1.82, 2.24) is 0 Å². The van der Waals surface area contributed by atoms with Crippen molar-refractivity contribution in [2.24, 2.45) is 0 Å². The molecule has 0 fully saturated rings. The first-order valence-electron chi connectivity index (χ1n) is 8.23. The predicted molar refractivity (Wildman–Crippen MR) is 99.7 cm³/mol. The van der Waals surface area contributed by atoms with Crippen LogP contribution in [0.25, 0.3) is 0 Å². The van der Waals surface area contributed by atoms with Crippen LogP contribution >= 0.6 is 11.8 Å². The molecule has 0 saturated heterocycles. The Bertz CT molecular complexity index is 941. The van der Waals surface area contributed by atoms with Gasteiger partial charge in [-0.15, -0.1) is 11.8 Å². The second-order valence-electron chi connectivity index (χ2n) is 6.11. The van der Waals surface area contributed by atoms with Gasteiger partial charge in [-0.05, 0) is 42.7 Å². The van der Waals surface area contributed by atoms with Crippen molar-refractivity contribution in [3.63, 3.8) is 0 Å². The molecule has 1 amide bonds. The van der Waals surface area contributed by atoms with Gasteiger partial charge in [0.25, 0.3) is 10.0 Å². The van der Waals surface area contributed by atoms with E-state index in [1.54, 1.807) is 30.0 Å². The Kier molecular flexibility index (Phi) is 4.21. The number of hydrogen-bond acceptors (Lipinski definition) is 4. The van der Waals surface area contributed by atoms with Crippen molar-refractivity contribution < 1.29 is 13.2 Å². The first-order valence-corrected chi connectivity index (χ1v) is 10.7. The molecule has 7 heteroatoms. The molecule has 4 rings (SSSR count). The minimum Gasteiger partial charge on any atom is -0.325 e. The molecule has 0 unspecified atom stereocenters. The number of sulfonamides is 1. The maximum Gasteiger partial charge on any atom is 0.264 e. The second-order valence-corrected chi connectivity index (χ2v) is 9.11. The summed E-state index contributed by atoms with van der Waals surface area (Å²) < 4.78 is 27.9. The van der Waals surface area contributed by atoms with Crippen molar-refractivity contribution in [1.29, 1.82) is 0 Å². The molecule has 2 aliphatic heterocycles. The Labute approximate surface area is 151 Å². The second kappa shape index (κ2) is 6.38. The maximum atomic E-state index is 13.2. The zero-order chi connectivity index (χ0) is 17.4. The summed E-state index contributed by atoms with van der Waals surface area (Å²) in [5, 5.41) is 2.81. The summed E-state index contributed by atoms with van der Waals surface area (Å²) in [4.78, 5) is 12.9. The molecule has 0 aliphatic carbocycles. The van der Waals surface area contributed by atoms with Crippen molar-refractivity contribution in [3.8, 4) is 0 Å². The number of nitrogens with one attached hydrogen (secondary N) is 1. The van der Waals surface area contributed by atoms with Gasteiger partial charge in [-0.2, -0.15) is 0 Å². The number of nitrogens with zero attached hydrogens (tertiary/aromatic N) is 1. The fourth-order valence-corrected chi connectivity index (χ4v) is 5.74. The third kappa shape index (κ3) is 3.02. The van der Waals surface area contributed by atoms with Crippen LogP contribution in [-0.4, -0.2) is 26.6 Å². The van der Waals surface area contributed by atoms with E-state index >= 15 is 0 Å². The minimum absolute atomic E-state index is 0.0795. The Hall–Kier alpha value is -1.99. The third-order valence-corrected chi connectivity index (χ3v) is 7.35. The lowest BCUT2D eigenvalue weighted by Gasteiger charge is -2.30. The zero-order valence-electron chi connectivity index (χ0n) is 13.6. The standard InChI is InChI=1S/C18H18N2O3S2/c21-18-9-11-24-17-8-7-14(12-15(17)19-18)25(22,23)20-10-3-5-13-4-1-2-6-16(13)20/h1-2,4,6-8,12H,3,5,9-11H2,(H,19,21). The summed E-state index contributed by atoms with van der Waals surface area (Å²) in [5.74, 6) is 0.619. The van der Waals surface area contributed by atoms with Gasteiger partial charge < -0.3 is 5.32 Å². The molecule has 130 valence electrons. The number of carbonyl (C=O) groups excluding carboxylic acids is 1. The number of para-hydroxylation sites is 1. The smallest absolute Gasteiger partial charge is 0.264 e. The van der Waals surface area contributed by atoms with Crippen LogP contribution in [0.2, 0.25) is 0 Å². The minimum atomic E-state index is -3.67. The average molecular weight is 374 g/mol. The summed E-state index contributed by atoms with van der Waals surface area (Å²) in [5.41, 5.74) is 2.39. The van der Waals surface area contributed by atoms with Gasteiger partial charge in [-0.3, -0.25) is 9.10 Å².